The molecular weight excluding hydrogens is 437 g/mol. The molecule has 34 heavy (non-hydrogen) atoms. The van der Waals surface area contributed by atoms with Crippen molar-refractivity contribution in [3.05, 3.63) is 95.8 Å². The number of halogens is 1. The monoisotopic (exact) mass is 465 g/mol. The predicted molar refractivity (Wildman–Crippen MR) is 125 cm³/mol. The number of rotatable bonds is 11. The van der Waals surface area contributed by atoms with Crippen LogP contribution in [0.2, 0.25) is 0 Å². The van der Waals surface area contributed by atoms with Crippen LogP contribution in [0.15, 0.2) is 77.4 Å². The minimum Gasteiger partial charge on any atom is -0.468 e. The Morgan fingerprint density at radius 3 is 2.62 bits per heavy atom. The maximum atomic E-state index is 13.9. The fourth-order valence-electron chi connectivity index (χ4n) is 3.79. The summed E-state index contributed by atoms with van der Waals surface area (Å²) in [6, 6.07) is 19.4. The molecule has 0 aliphatic heterocycles. The van der Waals surface area contributed by atoms with E-state index in [1.165, 1.54) is 12.1 Å². The molecule has 0 saturated heterocycles. The lowest BCUT2D eigenvalue weighted by Crippen LogP contribution is -2.34. The molecule has 0 bridgehead atoms. The van der Waals surface area contributed by atoms with Crippen molar-refractivity contribution in [1.29, 1.82) is 0 Å². The molecular formula is C26H28FN3O4. The van der Waals surface area contributed by atoms with Crippen LogP contribution in [0.3, 0.4) is 0 Å². The number of aliphatic hydroxyl groups is 1. The fourth-order valence-corrected chi connectivity index (χ4v) is 3.79. The van der Waals surface area contributed by atoms with E-state index < -0.39 is 6.10 Å². The summed E-state index contributed by atoms with van der Waals surface area (Å²) in [5, 5.41) is 15.1. The van der Waals surface area contributed by atoms with E-state index in [9.17, 15) is 9.50 Å². The molecule has 1 N–H and O–H groups in total. The van der Waals surface area contributed by atoms with E-state index in [1.54, 1.807) is 30.2 Å². The van der Waals surface area contributed by atoms with Crippen molar-refractivity contribution in [1.82, 2.24) is 14.7 Å². The lowest BCUT2D eigenvalue weighted by atomic mass is 10.2. The van der Waals surface area contributed by atoms with E-state index in [2.05, 4.69) is 0 Å². The highest BCUT2D eigenvalue weighted by Gasteiger charge is 2.23. The zero-order valence-electron chi connectivity index (χ0n) is 19.2. The largest absolute Gasteiger partial charge is 0.468 e. The smallest absolute Gasteiger partial charge is 0.227 e. The van der Waals surface area contributed by atoms with Crippen LogP contribution in [0.25, 0.3) is 5.69 Å². The molecule has 4 rings (SSSR count). The average molecular weight is 466 g/mol. The first-order chi connectivity index (χ1) is 16.5. The van der Waals surface area contributed by atoms with Gasteiger partial charge in [0, 0.05) is 26.3 Å². The number of aryl methyl sites for hydroxylation is 1. The van der Waals surface area contributed by atoms with E-state index in [0.717, 1.165) is 22.7 Å². The summed E-state index contributed by atoms with van der Waals surface area (Å²) in [6.45, 7) is 3.37. The Bertz CT molecular complexity index is 1180. The summed E-state index contributed by atoms with van der Waals surface area (Å²) in [5.74, 6) is 1.24. The number of para-hydroxylation sites is 1. The first kappa shape index (κ1) is 23.7. The van der Waals surface area contributed by atoms with Crippen molar-refractivity contribution >= 4 is 0 Å². The first-order valence-electron chi connectivity index (χ1n) is 11.0. The Kier molecular flexibility index (Phi) is 7.74. The number of ether oxygens (including phenoxy) is 2. The second kappa shape index (κ2) is 11.1. The van der Waals surface area contributed by atoms with Gasteiger partial charge in [-0.3, -0.25) is 4.90 Å². The third kappa shape index (κ3) is 5.91. The van der Waals surface area contributed by atoms with E-state index in [0.29, 0.717) is 31.3 Å². The molecule has 8 heteroatoms. The SMILES string of the molecule is COCC(O)CN(Cc1ccco1)Cc1c(C)nn(-c2ccccc2)c1Oc1cccc(F)c1. The normalized spacial score (nSPS) is 12.3. The van der Waals surface area contributed by atoms with Crippen LogP contribution in [-0.4, -0.2) is 46.2 Å². The van der Waals surface area contributed by atoms with Gasteiger partial charge in [-0.2, -0.15) is 5.10 Å². The highest BCUT2D eigenvalue weighted by molar-refractivity contribution is 5.43. The molecule has 2 heterocycles. The van der Waals surface area contributed by atoms with Gasteiger partial charge >= 0.3 is 0 Å². The topological polar surface area (TPSA) is 72.9 Å². The van der Waals surface area contributed by atoms with Gasteiger partial charge in [-0.05, 0) is 43.3 Å². The molecule has 0 fully saturated rings. The van der Waals surface area contributed by atoms with Gasteiger partial charge in [-0.15, -0.1) is 0 Å². The molecule has 1 atom stereocenters. The molecule has 0 radical (unpaired) electrons. The van der Waals surface area contributed by atoms with Crippen LogP contribution in [0.1, 0.15) is 17.0 Å². The molecule has 2 aromatic heterocycles. The molecule has 4 aromatic rings. The van der Waals surface area contributed by atoms with Crippen molar-refractivity contribution in [2.45, 2.75) is 26.1 Å². The van der Waals surface area contributed by atoms with Gasteiger partial charge in [-0.25, -0.2) is 9.07 Å². The number of hydrogen-bond donors (Lipinski definition) is 1. The Labute approximate surface area is 198 Å². The second-order valence-corrected chi connectivity index (χ2v) is 8.03. The van der Waals surface area contributed by atoms with Gasteiger partial charge in [0.2, 0.25) is 5.88 Å². The van der Waals surface area contributed by atoms with Crippen LogP contribution in [-0.2, 0) is 17.8 Å². The number of hydrogen-bond acceptors (Lipinski definition) is 6. The number of nitrogens with zero attached hydrogens (tertiary/aromatic N) is 3. The van der Waals surface area contributed by atoms with E-state index in [4.69, 9.17) is 19.0 Å². The lowest BCUT2D eigenvalue weighted by Gasteiger charge is -2.24. The fraction of sp³-hybridized carbons (Fsp3) is 0.269. The Balaban J connectivity index is 1.71. The lowest BCUT2D eigenvalue weighted by molar-refractivity contribution is 0.0321. The Hall–Kier alpha value is -3.46. The van der Waals surface area contributed by atoms with Crippen molar-refractivity contribution in [2.75, 3.05) is 20.3 Å². The van der Waals surface area contributed by atoms with Crippen molar-refractivity contribution in [3.8, 4) is 17.3 Å². The number of aliphatic hydroxyl groups excluding tert-OH is 1. The Morgan fingerprint density at radius 1 is 1.09 bits per heavy atom. The molecule has 0 saturated carbocycles. The summed E-state index contributed by atoms with van der Waals surface area (Å²) in [5.41, 5.74) is 2.41. The minimum absolute atomic E-state index is 0.212. The van der Waals surface area contributed by atoms with Gasteiger partial charge in [-0.1, -0.05) is 24.3 Å². The molecule has 0 aliphatic carbocycles. The maximum absolute atomic E-state index is 13.9. The number of methoxy groups -OCH3 is 1. The zero-order valence-corrected chi connectivity index (χ0v) is 19.2. The standard InChI is InChI=1S/C26H28FN3O4/c1-19-25(17-29(15-22(31)18-32-2)16-24-12-7-13-33-24)26(34-23-11-6-8-20(27)14-23)30(28-19)21-9-4-3-5-10-21/h3-14,22,31H,15-18H2,1-2H3. The van der Waals surface area contributed by atoms with Gasteiger partial charge in [0.1, 0.15) is 17.3 Å². The third-order valence-electron chi connectivity index (χ3n) is 5.32. The quantitative estimate of drug-likeness (QED) is 0.346. The zero-order chi connectivity index (χ0) is 23.9. The minimum atomic E-state index is -0.683. The highest BCUT2D eigenvalue weighted by Crippen LogP contribution is 2.32. The summed E-state index contributed by atoms with van der Waals surface area (Å²) in [7, 11) is 1.55. The van der Waals surface area contributed by atoms with Gasteiger partial charge < -0.3 is 19.0 Å². The second-order valence-electron chi connectivity index (χ2n) is 8.03. The predicted octanol–water partition coefficient (Wildman–Crippen LogP) is 4.71. The van der Waals surface area contributed by atoms with E-state index in [-0.39, 0.29) is 12.4 Å². The first-order valence-corrected chi connectivity index (χ1v) is 11.0. The van der Waals surface area contributed by atoms with Gasteiger partial charge in [0.15, 0.2) is 0 Å². The highest BCUT2D eigenvalue weighted by atomic mass is 19.1. The summed E-state index contributed by atoms with van der Waals surface area (Å²) in [4.78, 5) is 2.04. The van der Waals surface area contributed by atoms with E-state index >= 15 is 0 Å². The van der Waals surface area contributed by atoms with Crippen LogP contribution in [0.5, 0.6) is 11.6 Å². The number of aromatic nitrogens is 2. The number of benzene rings is 2. The summed E-state index contributed by atoms with van der Waals surface area (Å²) in [6.07, 6.45) is 0.938. The van der Waals surface area contributed by atoms with Gasteiger partial charge in [0.05, 0.1) is 42.5 Å². The van der Waals surface area contributed by atoms with Crippen molar-refractivity contribution in [3.63, 3.8) is 0 Å². The molecule has 1 unspecified atom stereocenters. The Morgan fingerprint density at radius 2 is 1.91 bits per heavy atom. The number of furan rings is 1. The molecule has 0 aliphatic rings. The molecule has 0 spiro atoms. The molecule has 0 amide bonds. The maximum Gasteiger partial charge on any atom is 0.227 e. The average Bonchev–Trinajstić information content (AvgIpc) is 3.43. The molecule has 2 aromatic carbocycles. The van der Waals surface area contributed by atoms with E-state index in [1.807, 2.05) is 54.3 Å². The van der Waals surface area contributed by atoms with Crippen LogP contribution in [0, 0.1) is 12.7 Å². The molecule has 178 valence electrons. The van der Waals surface area contributed by atoms with Crippen molar-refractivity contribution in [2.24, 2.45) is 0 Å². The van der Waals surface area contributed by atoms with Crippen LogP contribution < -0.4 is 4.74 Å². The molecule has 7 nitrogen and oxygen atoms in total. The van der Waals surface area contributed by atoms with Crippen LogP contribution >= 0.6 is 0 Å². The van der Waals surface area contributed by atoms with Crippen molar-refractivity contribution < 1.29 is 23.4 Å². The summed E-state index contributed by atoms with van der Waals surface area (Å²) < 4.78 is 32.5. The third-order valence-corrected chi connectivity index (χ3v) is 5.32. The van der Waals surface area contributed by atoms with Gasteiger partial charge in [0.25, 0.3) is 0 Å². The van der Waals surface area contributed by atoms with Crippen LogP contribution in [0.4, 0.5) is 4.39 Å². The summed E-state index contributed by atoms with van der Waals surface area (Å²) >= 11 is 0.